The van der Waals surface area contributed by atoms with Gasteiger partial charge in [0, 0.05) is 11.1 Å². The Morgan fingerprint density at radius 2 is 1.91 bits per heavy atom. The summed E-state index contributed by atoms with van der Waals surface area (Å²) >= 11 is 12.5. The lowest BCUT2D eigenvalue weighted by Crippen LogP contribution is -2.27. The second-order valence-electron chi connectivity index (χ2n) is 4.99. The highest BCUT2D eigenvalue weighted by atomic mass is 35.5. The number of aromatic hydroxyl groups is 1. The Bertz CT molecular complexity index is 831. The molecular weight excluding hydrogens is 350 g/mol. The second kappa shape index (κ2) is 6.35. The maximum absolute atomic E-state index is 12.8. The van der Waals surface area contributed by atoms with E-state index in [9.17, 15) is 9.90 Å². The molecule has 6 heteroatoms. The SMILES string of the molecule is C/C(=C1/SC(=S)N(c2cccc(O)c2)C1=O)c1ccc(Cl)cc1. The van der Waals surface area contributed by atoms with Crippen LogP contribution in [-0.2, 0) is 4.79 Å². The number of hydrogen-bond donors (Lipinski definition) is 1. The van der Waals surface area contributed by atoms with Crippen molar-refractivity contribution in [1.29, 1.82) is 0 Å². The third-order valence-electron chi connectivity index (χ3n) is 3.48. The number of anilines is 1. The van der Waals surface area contributed by atoms with Crippen molar-refractivity contribution in [2.24, 2.45) is 0 Å². The molecule has 1 aliphatic heterocycles. The van der Waals surface area contributed by atoms with E-state index in [0.717, 1.165) is 11.1 Å². The summed E-state index contributed by atoms with van der Waals surface area (Å²) in [4.78, 5) is 14.8. The topological polar surface area (TPSA) is 40.5 Å². The minimum Gasteiger partial charge on any atom is -0.508 e. The van der Waals surface area contributed by atoms with Crippen molar-refractivity contribution in [1.82, 2.24) is 0 Å². The zero-order chi connectivity index (χ0) is 16.6. The van der Waals surface area contributed by atoms with Gasteiger partial charge in [-0.1, -0.05) is 53.8 Å². The van der Waals surface area contributed by atoms with Crippen LogP contribution in [0.5, 0.6) is 5.75 Å². The summed E-state index contributed by atoms with van der Waals surface area (Å²) in [5, 5.41) is 10.3. The van der Waals surface area contributed by atoms with Gasteiger partial charge in [0.2, 0.25) is 0 Å². The maximum Gasteiger partial charge on any atom is 0.271 e. The predicted octanol–water partition coefficient (Wildman–Crippen LogP) is 4.84. The zero-order valence-electron chi connectivity index (χ0n) is 12.1. The van der Waals surface area contributed by atoms with Gasteiger partial charge in [-0.3, -0.25) is 9.69 Å². The van der Waals surface area contributed by atoms with E-state index in [0.29, 0.717) is 19.9 Å². The van der Waals surface area contributed by atoms with Crippen LogP contribution in [0.25, 0.3) is 5.57 Å². The molecule has 1 saturated heterocycles. The number of nitrogens with zero attached hydrogens (tertiary/aromatic N) is 1. The number of rotatable bonds is 2. The monoisotopic (exact) mass is 361 g/mol. The molecule has 0 spiro atoms. The summed E-state index contributed by atoms with van der Waals surface area (Å²) in [6.45, 7) is 1.89. The summed E-state index contributed by atoms with van der Waals surface area (Å²) < 4.78 is 0.448. The molecule has 0 saturated carbocycles. The molecule has 3 nitrogen and oxygen atoms in total. The fourth-order valence-corrected chi connectivity index (χ4v) is 3.75. The van der Waals surface area contributed by atoms with Crippen molar-refractivity contribution in [3.63, 3.8) is 0 Å². The van der Waals surface area contributed by atoms with Crippen LogP contribution in [0.15, 0.2) is 53.4 Å². The number of benzene rings is 2. The highest BCUT2D eigenvalue weighted by Gasteiger charge is 2.35. The summed E-state index contributed by atoms with van der Waals surface area (Å²) in [6.07, 6.45) is 0. The number of hydrogen-bond acceptors (Lipinski definition) is 4. The Hall–Kier alpha value is -1.82. The first-order valence-corrected chi connectivity index (χ1v) is 8.40. The van der Waals surface area contributed by atoms with Crippen LogP contribution in [0, 0.1) is 0 Å². The van der Waals surface area contributed by atoms with E-state index in [-0.39, 0.29) is 11.7 Å². The normalized spacial score (nSPS) is 16.9. The number of carbonyl (C=O) groups excluding carboxylic acids is 1. The molecular formula is C17H12ClNO2S2. The highest BCUT2D eigenvalue weighted by Crippen LogP contribution is 2.39. The van der Waals surface area contributed by atoms with Crippen LogP contribution in [0.1, 0.15) is 12.5 Å². The van der Waals surface area contributed by atoms with E-state index < -0.39 is 0 Å². The average molecular weight is 362 g/mol. The van der Waals surface area contributed by atoms with Crippen LogP contribution < -0.4 is 4.90 Å². The van der Waals surface area contributed by atoms with Gasteiger partial charge in [-0.05, 0) is 42.3 Å². The molecule has 0 atom stereocenters. The predicted molar refractivity (Wildman–Crippen MR) is 99.8 cm³/mol. The van der Waals surface area contributed by atoms with Gasteiger partial charge in [-0.2, -0.15) is 0 Å². The van der Waals surface area contributed by atoms with Gasteiger partial charge in [-0.25, -0.2) is 0 Å². The first kappa shape index (κ1) is 16.1. The van der Waals surface area contributed by atoms with Gasteiger partial charge in [0.1, 0.15) is 5.75 Å². The number of amides is 1. The lowest BCUT2D eigenvalue weighted by atomic mass is 10.1. The highest BCUT2D eigenvalue weighted by molar-refractivity contribution is 8.27. The smallest absolute Gasteiger partial charge is 0.271 e. The zero-order valence-corrected chi connectivity index (χ0v) is 14.5. The summed E-state index contributed by atoms with van der Waals surface area (Å²) in [6, 6.07) is 13.8. The van der Waals surface area contributed by atoms with Crippen LogP contribution in [0.3, 0.4) is 0 Å². The molecule has 0 aliphatic carbocycles. The Balaban J connectivity index is 2.00. The van der Waals surface area contributed by atoms with Gasteiger partial charge in [0.25, 0.3) is 5.91 Å². The largest absolute Gasteiger partial charge is 0.508 e. The summed E-state index contributed by atoms with van der Waals surface area (Å²) in [5.41, 5.74) is 2.33. The number of thiocarbonyl (C=S) groups is 1. The fourth-order valence-electron chi connectivity index (χ4n) is 2.28. The standard InChI is InChI=1S/C17H12ClNO2S2/c1-10(11-5-7-12(18)8-6-11)15-16(21)19(17(22)23-15)13-3-2-4-14(20)9-13/h2-9,20H,1H3/b15-10-. The van der Waals surface area contributed by atoms with Gasteiger partial charge in [0.15, 0.2) is 4.32 Å². The number of halogens is 1. The molecule has 116 valence electrons. The van der Waals surface area contributed by atoms with Crippen LogP contribution in [0.4, 0.5) is 5.69 Å². The lowest BCUT2D eigenvalue weighted by molar-refractivity contribution is -0.113. The van der Waals surface area contributed by atoms with E-state index in [2.05, 4.69) is 0 Å². The molecule has 2 aromatic carbocycles. The number of phenols is 1. The van der Waals surface area contributed by atoms with E-state index >= 15 is 0 Å². The van der Waals surface area contributed by atoms with Crippen molar-refractivity contribution in [3.8, 4) is 5.75 Å². The molecule has 0 unspecified atom stereocenters. The molecule has 0 radical (unpaired) electrons. The van der Waals surface area contributed by atoms with E-state index in [1.54, 1.807) is 30.3 Å². The Kier molecular flexibility index (Phi) is 4.43. The molecule has 1 N–H and O–H groups in total. The number of thioether (sulfide) groups is 1. The van der Waals surface area contributed by atoms with Crippen LogP contribution in [-0.4, -0.2) is 15.3 Å². The Morgan fingerprint density at radius 3 is 2.57 bits per heavy atom. The van der Waals surface area contributed by atoms with E-state index in [1.807, 2.05) is 19.1 Å². The average Bonchev–Trinajstić information content (AvgIpc) is 2.82. The number of allylic oxidation sites excluding steroid dienone is 1. The molecule has 23 heavy (non-hydrogen) atoms. The quantitative estimate of drug-likeness (QED) is 0.613. The maximum atomic E-state index is 12.8. The first-order valence-electron chi connectivity index (χ1n) is 6.79. The fraction of sp³-hybridized carbons (Fsp3) is 0.0588. The van der Waals surface area contributed by atoms with Crippen LogP contribution >= 0.6 is 35.6 Å². The Morgan fingerprint density at radius 1 is 1.22 bits per heavy atom. The van der Waals surface area contributed by atoms with Crippen molar-refractivity contribution in [3.05, 3.63) is 64.0 Å². The van der Waals surface area contributed by atoms with E-state index in [4.69, 9.17) is 23.8 Å². The summed E-state index contributed by atoms with van der Waals surface area (Å²) in [5.74, 6) is -0.0898. The third kappa shape index (κ3) is 3.13. The molecule has 0 bridgehead atoms. The van der Waals surface area contributed by atoms with Crippen molar-refractivity contribution >= 4 is 57.1 Å². The lowest BCUT2D eigenvalue weighted by Gasteiger charge is -2.14. The van der Waals surface area contributed by atoms with Crippen molar-refractivity contribution in [2.75, 3.05) is 4.90 Å². The first-order chi connectivity index (χ1) is 11.0. The minimum atomic E-state index is -0.182. The van der Waals surface area contributed by atoms with Gasteiger partial charge in [-0.15, -0.1) is 0 Å². The number of phenolic OH excluding ortho intramolecular Hbond substituents is 1. The van der Waals surface area contributed by atoms with Gasteiger partial charge in [0.05, 0.1) is 10.6 Å². The van der Waals surface area contributed by atoms with Crippen molar-refractivity contribution in [2.45, 2.75) is 6.92 Å². The molecule has 2 aromatic rings. The molecule has 1 heterocycles. The minimum absolute atomic E-state index is 0.0925. The molecule has 0 aromatic heterocycles. The van der Waals surface area contributed by atoms with Gasteiger partial charge >= 0.3 is 0 Å². The molecule has 3 rings (SSSR count). The Labute approximate surface area is 148 Å². The molecule has 1 aliphatic rings. The third-order valence-corrected chi connectivity index (χ3v) is 5.20. The van der Waals surface area contributed by atoms with Crippen molar-refractivity contribution < 1.29 is 9.90 Å². The van der Waals surface area contributed by atoms with E-state index in [1.165, 1.54) is 22.7 Å². The molecule has 1 fully saturated rings. The van der Waals surface area contributed by atoms with Crippen LogP contribution in [0.2, 0.25) is 5.02 Å². The second-order valence-corrected chi connectivity index (χ2v) is 7.07. The van der Waals surface area contributed by atoms with Gasteiger partial charge < -0.3 is 5.11 Å². The summed E-state index contributed by atoms with van der Waals surface area (Å²) in [7, 11) is 0. The molecule has 1 amide bonds. The number of carbonyl (C=O) groups is 1.